The number of carbonyl (C=O) groups is 5. The molecule has 2 fully saturated rings. The lowest BCUT2D eigenvalue weighted by Crippen LogP contribution is -2.38. The largest absolute Gasteiger partial charge is 0.377 e. The third kappa shape index (κ3) is 11.3. The number of likely N-dealkylation sites (tertiary alicyclic amines) is 1. The van der Waals surface area contributed by atoms with Crippen molar-refractivity contribution in [2.45, 2.75) is 59.0 Å². The Hall–Kier alpha value is -3.23. The van der Waals surface area contributed by atoms with E-state index < -0.39 is 0 Å². The highest BCUT2D eigenvalue weighted by molar-refractivity contribution is 6.03. The van der Waals surface area contributed by atoms with Crippen molar-refractivity contribution in [3.63, 3.8) is 0 Å². The Morgan fingerprint density at radius 1 is 0.976 bits per heavy atom. The molecular weight excluding hydrogens is 536 g/mol. The van der Waals surface area contributed by atoms with Gasteiger partial charge in [0.2, 0.25) is 23.6 Å². The van der Waals surface area contributed by atoms with Gasteiger partial charge in [-0.05, 0) is 38.5 Å². The van der Waals surface area contributed by atoms with Gasteiger partial charge in [-0.3, -0.25) is 28.9 Å². The van der Waals surface area contributed by atoms with Crippen molar-refractivity contribution in [2.24, 2.45) is 17.8 Å². The van der Waals surface area contributed by atoms with Gasteiger partial charge in [0.1, 0.15) is 18.9 Å². The van der Waals surface area contributed by atoms with Crippen LogP contribution in [-0.2, 0) is 51.3 Å². The number of hydrogen-bond donors (Lipinski definition) is 2. The Kier molecular flexibility index (Phi) is 13.3. The highest BCUT2D eigenvalue weighted by Gasteiger charge is 2.37. The maximum Gasteiger partial charge on any atom is 0.246 e. The van der Waals surface area contributed by atoms with Crippen LogP contribution in [0.4, 0.5) is 0 Å². The number of nitrogens with zero attached hydrogens (tertiary/aromatic N) is 4. The molecule has 4 amide bonds. The Balaban J connectivity index is 1.19. The van der Waals surface area contributed by atoms with E-state index in [4.69, 9.17) is 14.2 Å². The van der Waals surface area contributed by atoms with Crippen LogP contribution in [0, 0.1) is 17.8 Å². The number of ketones is 1. The normalized spacial score (nSPS) is 20.8. The van der Waals surface area contributed by atoms with Crippen LogP contribution < -0.4 is 10.6 Å². The lowest BCUT2D eigenvalue weighted by atomic mass is 9.81. The van der Waals surface area contributed by atoms with Crippen LogP contribution in [0.2, 0.25) is 0 Å². The molecule has 228 valence electrons. The molecule has 0 spiro atoms. The SMILES string of the molecule is CC(=O)COCC(=O)NCCOCCOCCn1cc(CNC(=O)C2CCC(CN3C(=O)CC(C)C3=O)CC2)nn1. The van der Waals surface area contributed by atoms with Gasteiger partial charge >= 0.3 is 0 Å². The molecule has 1 saturated carbocycles. The Morgan fingerprint density at radius 3 is 2.39 bits per heavy atom. The second-order valence-electron chi connectivity index (χ2n) is 10.6. The summed E-state index contributed by atoms with van der Waals surface area (Å²) in [5, 5.41) is 13.7. The molecule has 1 saturated heterocycles. The second kappa shape index (κ2) is 16.9. The van der Waals surface area contributed by atoms with E-state index in [1.54, 1.807) is 17.8 Å². The first kappa shape index (κ1) is 32.3. The van der Waals surface area contributed by atoms with Crippen molar-refractivity contribution in [3.8, 4) is 0 Å². The first-order chi connectivity index (χ1) is 19.7. The molecule has 2 heterocycles. The van der Waals surface area contributed by atoms with Crippen LogP contribution >= 0.6 is 0 Å². The number of nitrogens with one attached hydrogen (secondary N) is 2. The van der Waals surface area contributed by atoms with Gasteiger partial charge in [-0.2, -0.15) is 0 Å². The minimum absolute atomic E-state index is 0.0100. The van der Waals surface area contributed by atoms with Crippen LogP contribution in [0.1, 0.15) is 51.6 Å². The summed E-state index contributed by atoms with van der Waals surface area (Å²) in [6.45, 7) is 6.06. The van der Waals surface area contributed by atoms with E-state index in [-0.39, 0.29) is 60.4 Å². The van der Waals surface area contributed by atoms with Gasteiger partial charge in [0, 0.05) is 31.3 Å². The van der Waals surface area contributed by atoms with Gasteiger partial charge < -0.3 is 24.8 Å². The molecule has 14 heteroatoms. The number of imide groups is 1. The number of ether oxygens (including phenoxy) is 3. The predicted octanol–water partition coefficient (Wildman–Crippen LogP) is -0.149. The fourth-order valence-electron chi connectivity index (χ4n) is 4.84. The van der Waals surface area contributed by atoms with Crippen molar-refractivity contribution < 1.29 is 38.2 Å². The van der Waals surface area contributed by atoms with Crippen LogP contribution in [-0.4, -0.2) is 102 Å². The third-order valence-corrected chi connectivity index (χ3v) is 7.10. The Labute approximate surface area is 239 Å². The molecule has 0 bridgehead atoms. The minimum Gasteiger partial charge on any atom is -0.377 e. The van der Waals surface area contributed by atoms with Gasteiger partial charge in [0.05, 0.1) is 45.7 Å². The Morgan fingerprint density at radius 2 is 1.71 bits per heavy atom. The highest BCUT2D eigenvalue weighted by Crippen LogP contribution is 2.31. The van der Waals surface area contributed by atoms with E-state index in [9.17, 15) is 24.0 Å². The zero-order valence-corrected chi connectivity index (χ0v) is 24.0. The molecule has 14 nitrogen and oxygen atoms in total. The molecule has 2 N–H and O–H groups in total. The maximum absolute atomic E-state index is 12.7. The fraction of sp³-hybridized carbons (Fsp3) is 0.741. The summed E-state index contributed by atoms with van der Waals surface area (Å²) in [6, 6.07) is 0. The summed E-state index contributed by atoms with van der Waals surface area (Å²) in [7, 11) is 0. The summed E-state index contributed by atoms with van der Waals surface area (Å²) in [6.07, 6.45) is 5.18. The number of hydrogen-bond acceptors (Lipinski definition) is 10. The average Bonchev–Trinajstić information content (AvgIpc) is 3.50. The summed E-state index contributed by atoms with van der Waals surface area (Å²) >= 11 is 0. The van der Waals surface area contributed by atoms with Crippen LogP contribution in [0.15, 0.2) is 6.20 Å². The zero-order valence-electron chi connectivity index (χ0n) is 24.0. The number of aromatic nitrogens is 3. The molecule has 0 radical (unpaired) electrons. The van der Waals surface area contributed by atoms with Crippen LogP contribution in [0.25, 0.3) is 0 Å². The summed E-state index contributed by atoms with van der Waals surface area (Å²) in [5.74, 6) is -0.652. The van der Waals surface area contributed by atoms with Crippen molar-refractivity contribution in [3.05, 3.63) is 11.9 Å². The molecule has 1 aromatic heterocycles. The lowest BCUT2D eigenvalue weighted by Gasteiger charge is -2.30. The molecule has 1 unspecified atom stereocenters. The first-order valence-electron chi connectivity index (χ1n) is 14.2. The molecule has 1 aliphatic heterocycles. The minimum atomic E-state index is -0.303. The standard InChI is InChI=1S/C27H42N6O8/c1-19-13-25(36)33(27(19)38)15-21-3-5-22(6-4-21)26(37)29-14-23-16-32(31-30-23)8-10-40-12-11-39-9-7-28-24(35)18-41-17-20(2)34/h16,19,21-22H,3-15,17-18H2,1-2H3,(H,28,35)(H,29,37). The van der Waals surface area contributed by atoms with Crippen molar-refractivity contribution in [1.82, 2.24) is 30.5 Å². The first-order valence-corrected chi connectivity index (χ1v) is 14.2. The molecule has 41 heavy (non-hydrogen) atoms. The molecular formula is C27H42N6O8. The summed E-state index contributed by atoms with van der Waals surface area (Å²) in [4.78, 5) is 60.5. The van der Waals surface area contributed by atoms with E-state index in [0.29, 0.717) is 64.7 Å². The van der Waals surface area contributed by atoms with Crippen LogP contribution in [0.3, 0.4) is 0 Å². The zero-order chi connectivity index (χ0) is 29.6. The fourth-order valence-corrected chi connectivity index (χ4v) is 4.84. The average molecular weight is 579 g/mol. The van der Waals surface area contributed by atoms with Gasteiger partial charge in [-0.15, -0.1) is 5.10 Å². The molecule has 1 aliphatic carbocycles. The Bertz CT molecular complexity index is 1040. The topological polar surface area (TPSA) is 171 Å². The highest BCUT2D eigenvalue weighted by atomic mass is 16.5. The van der Waals surface area contributed by atoms with Gasteiger partial charge in [-0.25, -0.2) is 4.68 Å². The third-order valence-electron chi connectivity index (χ3n) is 7.10. The smallest absolute Gasteiger partial charge is 0.246 e. The van der Waals surface area contributed by atoms with Gasteiger partial charge in [0.15, 0.2) is 5.78 Å². The molecule has 3 rings (SSSR count). The van der Waals surface area contributed by atoms with Gasteiger partial charge in [0.25, 0.3) is 0 Å². The van der Waals surface area contributed by atoms with E-state index in [1.165, 1.54) is 11.8 Å². The molecule has 0 aromatic carbocycles. The van der Waals surface area contributed by atoms with E-state index >= 15 is 0 Å². The molecule has 1 aromatic rings. The van der Waals surface area contributed by atoms with E-state index in [1.807, 2.05) is 0 Å². The van der Waals surface area contributed by atoms with Crippen molar-refractivity contribution >= 4 is 29.4 Å². The quantitative estimate of drug-likeness (QED) is 0.176. The lowest BCUT2D eigenvalue weighted by molar-refractivity contribution is -0.140. The number of carbonyl (C=O) groups excluding carboxylic acids is 5. The predicted molar refractivity (Wildman–Crippen MR) is 144 cm³/mol. The second-order valence-corrected chi connectivity index (χ2v) is 10.6. The maximum atomic E-state index is 12.7. The number of amides is 4. The number of rotatable bonds is 18. The van der Waals surface area contributed by atoms with Crippen LogP contribution in [0.5, 0.6) is 0 Å². The number of Topliss-reactive ketones (excluding diaryl/α,β-unsaturated/α-hetero) is 1. The summed E-state index contributed by atoms with van der Waals surface area (Å²) < 4.78 is 17.5. The van der Waals surface area contributed by atoms with Crippen molar-refractivity contribution in [1.29, 1.82) is 0 Å². The monoisotopic (exact) mass is 578 g/mol. The molecule has 1 atom stereocenters. The van der Waals surface area contributed by atoms with Crippen molar-refractivity contribution in [2.75, 3.05) is 52.7 Å². The molecule has 2 aliphatic rings. The summed E-state index contributed by atoms with van der Waals surface area (Å²) in [5.41, 5.74) is 0.657. The van der Waals surface area contributed by atoms with Gasteiger partial charge in [-0.1, -0.05) is 12.1 Å². The van der Waals surface area contributed by atoms with E-state index in [2.05, 4.69) is 20.9 Å². The van der Waals surface area contributed by atoms with E-state index in [0.717, 1.165) is 25.7 Å².